The number of alkyl halides is 1. The molecule has 2 aromatic heterocycles. The van der Waals surface area contributed by atoms with Gasteiger partial charge in [-0.2, -0.15) is 0 Å². The van der Waals surface area contributed by atoms with Crippen LogP contribution in [0, 0.1) is 5.82 Å². The maximum absolute atomic E-state index is 13.9. The average Bonchev–Trinajstić information content (AvgIpc) is 2.82. The first-order valence-electron chi connectivity index (χ1n) is 5.00. The summed E-state index contributed by atoms with van der Waals surface area (Å²) in [5.74, 6) is 0.0858. The highest BCUT2D eigenvalue weighted by atomic mass is 35.5. The van der Waals surface area contributed by atoms with Crippen molar-refractivity contribution in [3.8, 4) is 0 Å². The van der Waals surface area contributed by atoms with Gasteiger partial charge >= 0.3 is 0 Å². The third kappa shape index (κ3) is 2.73. The number of pyridine rings is 1. The van der Waals surface area contributed by atoms with Crippen LogP contribution in [0.5, 0.6) is 0 Å². The Morgan fingerprint density at radius 1 is 1.47 bits per heavy atom. The molecule has 0 aliphatic heterocycles. The van der Waals surface area contributed by atoms with E-state index in [9.17, 15) is 4.39 Å². The normalized spacial score (nSPS) is 10.5. The first-order chi connectivity index (χ1) is 8.22. The van der Waals surface area contributed by atoms with E-state index in [0.717, 1.165) is 5.69 Å². The van der Waals surface area contributed by atoms with Crippen LogP contribution in [0.4, 0.5) is 10.2 Å². The summed E-state index contributed by atoms with van der Waals surface area (Å²) in [6, 6.07) is 1.59. The number of halogens is 2. The molecule has 0 aliphatic rings. The Kier molecular flexibility index (Phi) is 3.91. The summed E-state index contributed by atoms with van der Waals surface area (Å²) in [5.41, 5.74) is 3.11. The van der Waals surface area contributed by atoms with E-state index < -0.39 is 0 Å². The van der Waals surface area contributed by atoms with Crippen molar-refractivity contribution in [3.63, 3.8) is 0 Å². The third-order valence-electron chi connectivity index (χ3n) is 2.34. The minimum absolute atomic E-state index is 0.145. The topological polar surface area (TPSA) is 29.0 Å². The molecule has 2 rings (SSSR count). The van der Waals surface area contributed by atoms with Crippen molar-refractivity contribution in [1.29, 1.82) is 0 Å². The maximum atomic E-state index is 13.9. The summed E-state index contributed by atoms with van der Waals surface area (Å²) in [6.45, 7) is 0.527. The number of aromatic nitrogens is 2. The van der Waals surface area contributed by atoms with Crippen molar-refractivity contribution in [2.75, 3.05) is 11.9 Å². The van der Waals surface area contributed by atoms with Gasteiger partial charge in [0.05, 0.1) is 23.6 Å². The number of nitrogens with zero attached hydrogens (tertiary/aromatic N) is 3. The Morgan fingerprint density at radius 3 is 2.94 bits per heavy atom. The molecule has 0 radical (unpaired) electrons. The summed E-state index contributed by atoms with van der Waals surface area (Å²) >= 11 is 7.17. The van der Waals surface area contributed by atoms with Gasteiger partial charge in [-0.05, 0) is 6.07 Å². The van der Waals surface area contributed by atoms with Crippen molar-refractivity contribution in [3.05, 3.63) is 40.2 Å². The smallest absolute Gasteiger partial charge is 0.170 e. The fourth-order valence-electron chi connectivity index (χ4n) is 1.47. The molecule has 17 heavy (non-hydrogen) atoms. The molecule has 0 fully saturated rings. The second-order valence-electron chi connectivity index (χ2n) is 3.58. The summed E-state index contributed by atoms with van der Waals surface area (Å²) < 4.78 is 13.9. The van der Waals surface area contributed by atoms with E-state index >= 15 is 0 Å². The van der Waals surface area contributed by atoms with Gasteiger partial charge in [-0.15, -0.1) is 22.9 Å². The van der Waals surface area contributed by atoms with Crippen LogP contribution >= 0.6 is 22.9 Å². The standard InChI is InChI=1S/C11H11ClFN3S/c1-16(5-9-6-17-7-15-9)11-10(13)8(4-12)2-3-14-11/h2-3,6-7H,4-5H2,1H3. The van der Waals surface area contributed by atoms with Crippen molar-refractivity contribution < 1.29 is 4.39 Å². The third-order valence-corrected chi connectivity index (χ3v) is 3.26. The largest absolute Gasteiger partial charge is 0.351 e. The van der Waals surface area contributed by atoms with E-state index in [1.807, 2.05) is 5.38 Å². The van der Waals surface area contributed by atoms with Gasteiger partial charge in [0.15, 0.2) is 11.6 Å². The number of rotatable bonds is 4. The molecule has 2 heterocycles. The lowest BCUT2D eigenvalue weighted by Gasteiger charge is -2.18. The summed E-state index contributed by atoms with van der Waals surface area (Å²) in [5, 5.41) is 1.93. The maximum Gasteiger partial charge on any atom is 0.170 e. The fourth-order valence-corrected chi connectivity index (χ4v) is 2.23. The summed E-state index contributed by atoms with van der Waals surface area (Å²) in [7, 11) is 1.78. The van der Waals surface area contributed by atoms with E-state index in [4.69, 9.17) is 11.6 Å². The quantitative estimate of drug-likeness (QED) is 0.801. The van der Waals surface area contributed by atoms with Gasteiger partial charge in [0.2, 0.25) is 0 Å². The zero-order chi connectivity index (χ0) is 12.3. The highest BCUT2D eigenvalue weighted by Crippen LogP contribution is 2.21. The van der Waals surface area contributed by atoms with Crippen LogP contribution < -0.4 is 4.90 Å². The van der Waals surface area contributed by atoms with E-state index in [2.05, 4.69) is 9.97 Å². The van der Waals surface area contributed by atoms with Crippen LogP contribution in [0.2, 0.25) is 0 Å². The van der Waals surface area contributed by atoms with E-state index in [1.54, 1.807) is 29.7 Å². The second kappa shape index (κ2) is 5.42. The molecule has 6 heteroatoms. The number of anilines is 1. The van der Waals surface area contributed by atoms with Crippen LogP contribution in [0.3, 0.4) is 0 Å². The van der Waals surface area contributed by atoms with E-state index in [-0.39, 0.29) is 11.7 Å². The first-order valence-corrected chi connectivity index (χ1v) is 6.47. The van der Waals surface area contributed by atoms with Gasteiger partial charge in [0.1, 0.15) is 0 Å². The van der Waals surface area contributed by atoms with Crippen molar-refractivity contribution in [1.82, 2.24) is 9.97 Å². The molecule has 0 unspecified atom stereocenters. The molecule has 0 N–H and O–H groups in total. The molecule has 3 nitrogen and oxygen atoms in total. The molecule has 0 saturated carbocycles. The van der Waals surface area contributed by atoms with Gasteiger partial charge in [-0.1, -0.05) is 0 Å². The predicted molar refractivity (Wildman–Crippen MR) is 68.0 cm³/mol. The molecule has 2 aromatic rings. The van der Waals surface area contributed by atoms with Gasteiger partial charge in [0, 0.05) is 24.2 Å². The Hall–Kier alpha value is -1.20. The van der Waals surface area contributed by atoms with Crippen LogP contribution in [-0.2, 0) is 12.4 Å². The molecule has 0 bridgehead atoms. The minimum atomic E-state index is -0.361. The molecule has 0 amide bonds. The fraction of sp³-hybridized carbons (Fsp3) is 0.273. The highest BCUT2D eigenvalue weighted by Gasteiger charge is 2.13. The highest BCUT2D eigenvalue weighted by molar-refractivity contribution is 7.07. The number of thiazole rings is 1. The Morgan fingerprint density at radius 2 is 2.29 bits per heavy atom. The molecular weight excluding hydrogens is 261 g/mol. The molecule has 90 valence electrons. The van der Waals surface area contributed by atoms with Crippen molar-refractivity contribution in [2.24, 2.45) is 0 Å². The van der Waals surface area contributed by atoms with Gasteiger partial charge in [-0.25, -0.2) is 14.4 Å². The van der Waals surface area contributed by atoms with Gasteiger partial charge < -0.3 is 4.90 Å². The first kappa shape index (κ1) is 12.3. The summed E-state index contributed by atoms with van der Waals surface area (Å²) in [4.78, 5) is 9.91. The lowest BCUT2D eigenvalue weighted by Crippen LogP contribution is -2.19. The van der Waals surface area contributed by atoms with E-state index in [0.29, 0.717) is 17.9 Å². The van der Waals surface area contributed by atoms with Crippen molar-refractivity contribution in [2.45, 2.75) is 12.4 Å². The lowest BCUT2D eigenvalue weighted by atomic mass is 10.2. The average molecular weight is 272 g/mol. The Bertz CT molecular complexity index is 489. The molecule has 0 atom stereocenters. The molecule has 0 aromatic carbocycles. The monoisotopic (exact) mass is 271 g/mol. The van der Waals surface area contributed by atoms with Crippen molar-refractivity contribution >= 4 is 28.8 Å². The Labute approximate surface area is 108 Å². The van der Waals surface area contributed by atoms with Crippen LogP contribution in [0.15, 0.2) is 23.2 Å². The minimum Gasteiger partial charge on any atom is -0.351 e. The SMILES string of the molecule is CN(Cc1cscn1)c1nccc(CCl)c1F. The zero-order valence-corrected chi connectivity index (χ0v) is 10.8. The second-order valence-corrected chi connectivity index (χ2v) is 4.56. The molecular formula is C11H11ClFN3S. The van der Waals surface area contributed by atoms with Crippen LogP contribution in [-0.4, -0.2) is 17.0 Å². The molecule has 0 spiro atoms. The van der Waals surface area contributed by atoms with Gasteiger partial charge in [0.25, 0.3) is 0 Å². The molecule has 0 aliphatic carbocycles. The van der Waals surface area contributed by atoms with E-state index in [1.165, 1.54) is 11.3 Å². The zero-order valence-electron chi connectivity index (χ0n) is 9.23. The van der Waals surface area contributed by atoms with Crippen LogP contribution in [0.1, 0.15) is 11.3 Å². The van der Waals surface area contributed by atoms with Crippen LogP contribution in [0.25, 0.3) is 0 Å². The Balaban J connectivity index is 2.22. The van der Waals surface area contributed by atoms with Gasteiger partial charge in [-0.3, -0.25) is 0 Å². The lowest BCUT2D eigenvalue weighted by molar-refractivity contribution is 0.604. The molecule has 0 saturated heterocycles. The predicted octanol–water partition coefficient (Wildman–Crippen LogP) is 3.05. The summed E-state index contributed by atoms with van der Waals surface area (Å²) in [6.07, 6.45) is 1.56. The number of hydrogen-bond donors (Lipinski definition) is 0. The number of hydrogen-bond acceptors (Lipinski definition) is 4.